The summed E-state index contributed by atoms with van der Waals surface area (Å²) in [6.45, 7) is 12.4. The Kier molecular flexibility index (Phi) is 4.24. The number of allylic oxidation sites excluding steroid dienone is 1. The predicted molar refractivity (Wildman–Crippen MR) is 97.7 cm³/mol. The molecule has 1 N–H and O–H groups in total. The van der Waals surface area contributed by atoms with Crippen molar-refractivity contribution in [3.05, 3.63) is 64.8 Å². The molecule has 0 radical (unpaired) electrons. The number of imidazole rings is 1. The Morgan fingerprint density at radius 3 is 2.96 bits per heavy atom. The quantitative estimate of drug-likeness (QED) is 0.715. The number of aromatic nitrogens is 5. The summed E-state index contributed by atoms with van der Waals surface area (Å²) in [6, 6.07) is 1.97. The maximum atomic E-state index is 5.62. The first kappa shape index (κ1) is 16.8. The van der Waals surface area contributed by atoms with Gasteiger partial charge in [0.25, 0.3) is 0 Å². The Balaban J connectivity index is 1.70. The Hall–Kier alpha value is -2.67. The minimum atomic E-state index is -0.0345. The van der Waals surface area contributed by atoms with Crippen molar-refractivity contribution in [2.75, 3.05) is 6.54 Å². The molecule has 136 valence electrons. The van der Waals surface area contributed by atoms with Gasteiger partial charge in [0.15, 0.2) is 5.76 Å². The van der Waals surface area contributed by atoms with E-state index in [0.29, 0.717) is 0 Å². The van der Waals surface area contributed by atoms with E-state index < -0.39 is 0 Å². The van der Waals surface area contributed by atoms with E-state index in [0.717, 1.165) is 48.9 Å². The van der Waals surface area contributed by atoms with Crippen LogP contribution in [0.25, 0.3) is 0 Å². The van der Waals surface area contributed by atoms with Gasteiger partial charge >= 0.3 is 0 Å². The molecule has 0 unspecified atom stereocenters. The molecule has 7 heteroatoms. The fraction of sp³-hybridized carbons (Fsp3) is 0.421. The van der Waals surface area contributed by atoms with Crippen molar-refractivity contribution in [2.45, 2.75) is 46.3 Å². The van der Waals surface area contributed by atoms with Crippen LogP contribution in [0.1, 0.15) is 45.8 Å². The van der Waals surface area contributed by atoms with Crippen molar-refractivity contribution in [1.82, 2.24) is 29.8 Å². The number of H-pyrrole nitrogens is 1. The molecule has 1 atom stereocenters. The fourth-order valence-electron chi connectivity index (χ4n) is 3.79. The molecule has 0 saturated heterocycles. The van der Waals surface area contributed by atoms with Crippen molar-refractivity contribution >= 4 is 0 Å². The molecule has 0 aromatic carbocycles. The summed E-state index contributed by atoms with van der Waals surface area (Å²) < 4.78 is 7.63. The topological polar surface area (TPSA) is 75.8 Å². The van der Waals surface area contributed by atoms with Crippen LogP contribution in [0.5, 0.6) is 0 Å². The van der Waals surface area contributed by atoms with E-state index in [1.165, 1.54) is 17.0 Å². The zero-order valence-electron chi connectivity index (χ0n) is 15.5. The summed E-state index contributed by atoms with van der Waals surface area (Å²) in [5.41, 5.74) is 6.59. The molecule has 7 nitrogen and oxygen atoms in total. The Morgan fingerprint density at radius 1 is 1.38 bits per heavy atom. The standard InChI is InChI=1S/C19H24N6O/c1-5-7-25-14(4)15(13(3)22-25)10-24-8-6-16-18(21-11-20-16)19(24)17-9-12(2)23-26-17/h5,9,11,19H,1,6-8,10H2,2-4H3,(H,20,21)/t19-/m1/s1. The largest absolute Gasteiger partial charge is 0.359 e. The Labute approximate surface area is 152 Å². The predicted octanol–water partition coefficient (Wildman–Crippen LogP) is 2.85. The zero-order valence-corrected chi connectivity index (χ0v) is 15.5. The molecule has 3 aromatic heterocycles. The van der Waals surface area contributed by atoms with Gasteiger partial charge in [0.05, 0.1) is 30.0 Å². The lowest BCUT2D eigenvalue weighted by Crippen LogP contribution is -2.36. The van der Waals surface area contributed by atoms with E-state index in [-0.39, 0.29) is 6.04 Å². The summed E-state index contributed by atoms with van der Waals surface area (Å²) >= 11 is 0. The van der Waals surface area contributed by atoms with Crippen LogP contribution in [-0.4, -0.2) is 36.3 Å². The average molecular weight is 352 g/mol. The molecule has 0 saturated carbocycles. The lowest BCUT2D eigenvalue weighted by molar-refractivity contribution is 0.169. The fourth-order valence-corrected chi connectivity index (χ4v) is 3.79. The van der Waals surface area contributed by atoms with Gasteiger partial charge in [-0.2, -0.15) is 5.10 Å². The van der Waals surface area contributed by atoms with Crippen molar-refractivity contribution < 1.29 is 4.52 Å². The number of rotatable bonds is 5. The lowest BCUT2D eigenvalue weighted by Gasteiger charge is -2.33. The summed E-state index contributed by atoms with van der Waals surface area (Å²) in [6.07, 6.45) is 4.58. The number of fused-ring (bicyclic) bond motifs is 1. The number of aromatic amines is 1. The normalized spacial score (nSPS) is 17.4. The number of nitrogens with one attached hydrogen (secondary N) is 1. The van der Waals surface area contributed by atoms with Gasteiger partial charge in [-0.25, -0.2) is 4.98 Å². The maximum absolute atomic E-state index is 5.62. The number of aryl methyl sites for hydroxylation is 2. The van der Waals surface area contributed by atoms with E-state index in [1.54, 1.807) is 6.33 Å². The van der Waals surface area contributed by atoms with Crippen LogP contribution in [0, 0.1) is 20.8 Å². The molecule has 0 spiro atoms. The molecule has 26 heavy (non-hydrogen) atoms. The van der Waals surface area contributed by atoms with Gasteiger partial charge < -0.3 is 9.51 Å². The molecule has 4 heterocycles. The third-order valence-corrected chi connectivity index (χ3v) is 5.14. The summed E-state index contributed by atoms with van der Waals surface area (Å²) in [5.74, 6) is 0.837. The van der Waals surface area contributed by atoms with Crippen LogP contribution in [-0.2, 0) is 19.5 Å². The van der Waals surface area contributed by atoms with E-state index in [2.05, 4.69) is 45.5 Å². The van der Waals surface area contributed by atoms with Crippen LogP contribution in [0.4, 0.5) is 0 Å². The van der Waals surface area contributed by atoms with Crippen molar-refractivity contribution in [3.63, 3.8) is 0 Å². The van der Waals surface area contributed by atoms with Crippen molar-refractivity contribution in [2.24, 2.45) is 0 Å². The summed E-state index contributed by atoms with van der Waals surface area (Å²) in [5, 5.41) is 8.75. The van der Waals surface area contributed by atoms with Crippen LogP contribution in [0.15, 0.2) is 29.6 Å². The van der Waals surface area contributed by atoms with E-state index in [9.17, 15) is 0 Å². The van der Waals surface area contributed by atoms with Crippen LogP contribution < -0.4 is 0 Å². The Morgan fingerprint density at radius 2 is 2.23 bits per heavy atom. The molecule has 0 bridgehead atoms. The van der Waals surface area contributed by atoms with Crippen LogP contribution in [0.3, 0.4) is 0 Å². The summed E-state index contributed by atoms with van der Waals surface area (Å²) in [7, 11) is 0. The first-order valence-corrected chi connectivity index (χ1v) is 8.91. The number of hydrogen-bond acceptors (Lipinski definition) is 5. The smallest absolute Gasteiger partial charge is 0.160 e. The lowest BCUT2D eigenvalue weighted by atomic mass is 9.99. The van der Waals surface area contributed by atoms with E-state index in [1.807, 2.05) is 23.7 Å². The van der Waals surface area contributed by atoms with Crippen molar-refractivity contribution in [1.29, 1.82) is 0 Å². The number of hydrogen-bond donors (Lipinski definition) is 1. The molecule has 0 amide bonds. The molecular formula is C19H24N6O. The van der Waals surface area contributed by atoms with Gasteiger partial charge in [-0.05, 0) is 20.8 Å². The van der Waals surface area contributed by atoms with Crippen molar-refractivity contribution in [3.8, 4) is 0 Å². The molecule has 4 rings (SSSR count). The monoisotopic (exact) mass is 352 g/mol. The summed E-state index contributed by atoms with van der Waals surface area (Å²) in [4.78, 5) is 10.2. The minimum absolute atomic E-state index is 0.0345. The van der Waals surface area contributed by atoms with Gasteiger partial charge in [-0.15, -0.1) is 6.58 Å². The van der Waals surface area contributed by atoms with Gasteiger partial charge in [-0.3, -0.25) is 9.58 Å². The van der Waals surface area contributed by atoms with Gasteiger partial charge in [0.2, 0.25) is 0 Å². The third kappa shape index (κ3) is 2.78. The average Bonchev–Trinajstić information content (AvgIpc) is 3.31. The van der Waals surface area contributed by atoms with Gasteiger partial charge in [-0.1, -0.05) is 11.2 Å². The zero-order chi connectivity index (χ0) is 18.3. The second-order valence-corrected chi connectivity index (χ2v) is 6.88. The second kappa shape index (κ2) is 6.57. The molecule has 3 aromatic rings. The Bertz CT molecular complexity index is 934. The highest BCUT2D eigenvalue weighted by atomic mass is 16.5. The van der Waals surface area contributed by atoms with Gasteiger partial charge in [0.1, 0.15) is 6.04 Å². The molecule has 1 aliphatic heterocycles. The number of nitrogens with zero attached hydrogens (tertiary/aromatic N) is 5. The highest BCUT2D eigenvalue weighted by Gasteiger charge is 2.34. The molecule has 1 aliphatic rings. The van der Waals surface area contributed by atoms with E-state index >= 15 is 0 Å². The highest BCUT2D eigenvalue weighted by Crippen LogP contribution is 2.35. The molecule has 0 aliphatic carbocycles. The first-order valence-electron chi connectivity index (χ1n) is 8.91. The molecular weight excluding hydrogens is 328 g/mol. The van der Waals surface area contributed by atoms with Gasteiger partial charge in [0, 0.05) is 42.5 Å². The second-order valence-electron chi connectivity index (χ2n) is 6.88. The minimum Gasteiger partial charge on any atom is -0.359 e. The first-order chi connectivity index (χ1) is 12.6. The van der Waals surface area contributed by atoms with Crippen LogP contribution >= 0.6 is 0 Å². The van der Waals surface area contributed by atoms with Crippen LogP contribution in [0.2, 0.25) is 0 Å². The third-order valence-electron chi connectivity index (χ3n) is 5.14. The van der Waals surface area contributed by atoms with E-state index in [4.69, 9.17) is 4.52 Å². The maximum Gasteiger partial charge on any atom is 0.160 e. The highest BCUT2D eigenvalue weighted by molar-refractivity contribution is 5.30. The SMILES string of the molecule is C=CCn1nc(C)c(CN2CCc3[nH]cnc3[C@H]2c2cc(C)no2)c1C. The molecule has 0 fully saturated rings.